The molecule has 0 atom stereocenters. The van der Waals surface area contributed by atoms with E-state index in [1.165, 1.54) is 0 Å². The van der Waals surface area contributed by atoms with E-state index in [0.29, 0.717) is 16.5 Å². The molecule has 0 unspecified atom stereocenters. The Morgan fingerprint density at radius 1 is 0.800 bits per heavy atom. The van der Waals surface area contributed by atoms with Gasteiger partial charge in [0.15, 0.2) is 0 Å². The Hall–Kier alpha value is -2.27. The number of rotatable bonds is 5. The first-order valence-corrected chi connectivity index (χ1v) is 6.29. The van der Waals surface area contributed by atoms with E-state index in [9.17, 15) is 0 Å². The maximum absolute atomic E-state index is 5.81. The van der Waals surface area contributed by atoms with E-state index in [1.54, 1.807) is 55.6 Å². The Balaban J connectivity index is 1.68. The van der Waals surface area contributed by atoms with Crippen LogP contribution in [0.4, 0.5) is 0 Å². The van der Waals surface area contributed by atoms with Crippen LogP contribution in [-0.2, 0) is 0 Å². The minimum atomic E-state index is -1.29. The monoisotopic (exact) mass is 290 g/mol. The average Bonchev–Trinajstić information content (AvgIpc) is 3.22. The summed E-state index contributed by atoms with van der Waals surface area (Å²) in [6.07, 6.45) is 0. The molecule has 6 heteroatoms. The number of nitrogens with zero attached hydrogens (tertiary/aromatic N) is 2. The van der Waals surface area contributed by atoms with E-state index in [-0.39, 0.29) is 0 Å². The molecule has 20 heavy (non-hydrogen) atoms. The van der Waals surface area contributed by atoms with E-state index in [4.69, 9.17) is 25.8 Å². The summed E-state index contributed by atoms with van der Waals surface area (Å²) in [4.78, 5) is 0. The molecule has 102 valence electrons. The molecule has 0 aromatic heterocycles. The van der Waals surface area contributed by atoms with Crippen molar-refractivity contribution in [3.8, 4) is 17.2 Å². The molecule has 2 aromatic rings. The Morgan fingerprint density at radius 2 is 1.25 bits per heavy atom. The zero-order valence-electron chi connectivity index (χ0n) is 10.6. The van der Waals surface area contributed by atoms with Crippen LogP contribution >= 0.6 is 11.6 Å². The fourth-order valence-corrected chi connectivity index (χ4v) is 1.72. The predicted molar refractivity (Wildman–Crippen MR) is 73.3 cm³/mol. The van der Waals surface area contributed by atoms with Crippen molar-refractivity contribution in [3.05, 3.63) is 53.6 Å². The number of halogens is 1. The van der Waals surface area contributed by atoms with Crippen LogP contribution in [0.25, 0.3) is 0 Å². The van der Waals surface area contributed by atoms with Gasteiger partial charge in [0.05, 0.1) is 7.11 Å². The summed E-state index contributed by atoms with van der Waals surface area (Å²) in [5, 5.41) is 8.24. The third-order valence-corrected chi connectivity index (χ3v) is 2.89. The Bertz CT molecular complexity index is 620. The first-order chi connectivity index (χ1) is 9.69. The molecule has 1 aliphatic rings. The number of methoxy groups -OCH3 is 1. The van der Waals surface area contributed by atoms with Gasteiger partial charge in [0.1, 0.15) is 17.2 Å². The predicted octanol–water partition coefficient (Wildman–Crippen LogP) is 3.88. The molecular formula is C14H11ClN2O3. The maximum atomic E-state index is 5.81. The quantitative estimate of drug-likeness (QED) is 0.785. The van der Waals surface area contributed by atoms with Crippen molar-refractivity contribution in [2.45, 2.75) is 6.03 Å². The van der Waals surface area contributed by atoms with Gasteiger partial charge in [-0.15, -0.1) is 0 Å². The van der Waals surface area contributed by atoms with Gasteiger partial charge < -0.3 is 14.2 Å². The lowest BCUT2D eigenvalue weighted by Gasteiger charge is -2.14. The van der Waals surface area contributed by atoms with Crippen molar-refractivity contribution in [3.63, 3.8) is 0 Å². The normalized spacial score (nSPS) is 14.7. The van der Waals surface area contributed by atoms with Crippen molar-refractivity contribution in [2.24, 2.45) is 10.2 Å². The van der Waals surface area contributed by atoms with Gasteiger partial charge in [-0.25, -0.2) is 0 Å². The second kappa shape index (κ2) is 5.02. The van der Waals surface area contributed by atoms with Gasteiger partial charge in [-0.2, -0.15) is 0 Å². The molecule has 2 aromatic carbocycles. The zero-order chi connectivity index (χ0) is 14.0. The molecule has 0 fully saturated rings. The van der Waals surface area contributed by atoms with Crippen LogP contribution in [0.2, 0.25) is 5.02 Å². The van der Waals surface area contributed by atoms with Gasteiger partial charge in [0.25, 0.3) is 0 Å². The molecule has 3 rings (SSSR count). The highest BCUT2D eigenvalue weighted by atomic mass is 35.5. The lowest BCUT2D eigenvalue weighted by Crippen LogP contribution is -2.27. The SMILES string of the molecule is COc1ccc(OC2(Oc3ccc(Cl)cc3)N=N2)cc1. The van der Waals surface area contributed by atoms with Crippen LogP contribution in [0, 0.1) is 0 Å². The molecule has 0 spiro atoms. The molecular weight excluding hydrogens is 280 g/mol. The number of ether oxygens (including phenoxy) is 3. The van der Waals surface area contributed by atoms with E-state index in [2.05, 4.69) is 10.2 Å². The minimum absolute atomic E-state index is 0.577. The second-order valence-corrected chi connectivity index (χ2v) is 4.52. The number of hydrogen-bond acceptors (Lipinski definition) is 5. The molecule has 0 N–H and O–H groups in total. The van der Waals surface area contributed by atoms with E-state index < -0.39 is 6.03 Å². The third kappa shape index (κ3) is 2.83. The molecule has 0 saturated carbocycles. The second-order valence-electron chi connectivity index (χ2n) is 4.08. The minimum Gasteiger partial charge on any atom is -0.497 e. The van der Waals surface area contributed by atoms with Gasteiger partial charge >= 0.3 is 6.03 Å². The zero-order valence-corrected chi connectivity index (χ0v) is 11.4. The van der Waals surface area contributed by atoms with Crippen LogP contribution in [0.5, 0.6) is 17.2 Å². The van der Waals surface area contributed by atoms with E-state index >= 15 is 0 Å². The smallest absolute Gasteiger partial charge is 0.497 e. The maximum Gasteiger partial charge on any atom is 0.506 e. The number of hydrogen-bond donors (Lipinski definition) is 0. The lowest BCUT2D eigenvalue weighted by molar-refractivity contribution is -0.0387. The van der Waals surface area contributed by atoms with Crippen LogP contribution in [0.15, 0.2) is 58.8 Å². The molecule has 0 amide bonds. The summed E-state index contributed by atoms with van der Waals surface area (Å²) in [5.74, 6) is 1.91. The molecule has 0 saturated heterocycles. The van der Waals surface area contributed by atoms with Crippen molar-refractivity contribution in [1.29, 1.82) is 0 Å². The fourth-order valence-electron chi connectivity index (χ4n) is 1.60. The molecule has 1 aliphatic heterocycles. The summed E-state index contributed by atoms with van der Waals surface area (Å²) in [7, 11) is 1.60. The topological polar surface area (TPSA) is 52.4 Å². The molecule has 1 heterocycles. The molecule has 0 radical (unpaired) electrons. The highest BCUT2D eigenvalue weighted by molar-refractivity contribution is 6.30. The van der Waals surface area contributed by atoms with Gasteiger partial charge in [-0.05, 0) is 48.5 Å². The van der Waals surface area contributed by atoms with Crippen molar-refractivity contribution in [2.75, 3.05) is 7.11 Å². The van der Waals surface area contributed by atoms with Crippen LogP contribution in [-0.4, -0.2) is 13.1 Å². The van der Waals surface area contributed by atoms with Gasteiger partial charge in [0, 0.05) is 5.02 Å². The van der Waals surface area contributed by atoms with E-state index in [0.717, 1.165) is 5.75 Å². The summed E-state index contributed by atoms with van der Waals surface area (Å²) >= 11 is 5.81. The average molecular weight is 291 g/mol. The number of benzene rings is 2. The van der Waals surface area contributed by atoms with Crippen LogP contribution < -0.4 is 14.2 Å². The van der Waals surface area contributed by atoms with Gasteiger partial charge in [-0.1, -0.05) is 21.8 Å². The first-order valence-electron chi connectivity index (χ1n) is 5.91. The Labute approximate surface area is 120 Å². The first kappa shape index (κ1) is 12.7. The third-order valence-electron chi connectivity index (χ3n) is 2.64. The summed E-state index contributed by atoms with van der Waals surface area (Å²) in [6, 6.07) is 12.7. The van der Waals surface area contributed by atoms with Gasteiger partial charge in [-0.3, -0.25) is 0 Å². The van der Waals surface area contributed by atoms with E-state index in [1.807, 2.05) is 0 Å². The van der Waals surface area contributed by atoms with Crippen molar-refractivity contribution < 1.29 is 14.2 Å². The Morgan fingerprint density at radius 3 is 1.70 bits per heavy atom. The summed E-state index contributed by atoms with van der Waals surface area (Å²) in [5.41, 5.74) is 0. The fraction of sp³-hybridized carbons (Fsp3) is 0.143. The summed E-state index contributed by atoms with van der Waals surface area (Å²) in [6.45, 7) is 0. The molecule has 5 nitrogen and oxygen atoms in total. The van der Waals surface area contributed by atoms with Crippen molar-refractivity contribution in [1.82, 2.24) is 0 Å². The largest absolute Gasteiger partial charge is 0.506 e. The highest BCUT2D eigenvalue weighted by Crippen LogP contribution is 2.35. The lowest BCUT2D eigenvalue weighted by atomic mass is 10.3. The highest BCUT2D eigenvalue weighted by Gasteiger charge is 2.47. The van der Waals surface area contributed by atoms with Crippen molar-refractivity contribution >= 4 is 11.6 Å². The molecule has 0 aliphatic carbocycles. The molecule has 0 bridgehead atoms. The van der Waals surface area contributed by atoms with Gasteiger partial charge in [0.2, 0.25) is 0 Å². The van der Waals surface area contributed by atoms with Crippen LogP contribution in [0.3, 0.4) is 0 Å². The van der Waals surface area contributed by atoms with Crippen LogP contribution in [0.1, 0.15) is 0 Å². The standard InChI is InChI=1S/C14H11ClN2O3/c1-18-11-6-8-13(9-7-11)20-14(16-17-14)19-12-4-2-10(15)3-5-12/h2-9H,1H3. The Kier molecular flexibility index (Phi) is 3.20. The summed E-state index contributed by atoms with van der Waals surface area (Å²) < 4.78 is 16.3.